The lowest BCUT2D eigenvalue weighted by molar-refractivity contribution is -0.150. The molecule has 4 aliphatic carbocycles. The van der Waals surface area contributed by atoms with E-state index < -0.39 is 5.60 Å². The fourth-order valence-corrected chi connectivity index (χ4v) is 5.72. The van der Waals surface area contributed by atoms with Crippen LogP contribution in [0, 0.1) is 23.2 Å². The van der Waals surface area contributed by atoms with Gasteiger partial charge in [0.15, 0.2) is 5.60 Å². The largest absolute Gasteiger partial charge is 0.478 e. The predicted molar refractivity (Wildman–Crippen MR) is 98.3 cm³/mol. The highest BCUT2D eigenvalue weighted by atomic mass is 16.5. The SMILES string of the molecule is CC(C)(Oc1ccccc1)C(=O)NC1C2CC3CC1CC(C(N)=O)(C3)C2. The fraction of sp³-hybridized carbons (Fsp3) is 0.619. The summed E-state index contributed by atoms with van der Waals surface area (Å²) in [6.07, 6.45) is 4.77. The number of ether oxygens (including phenoxy) is 1. The molecule has 0 heterocycles. The van der Waals surface area contributed by atoms with E-state index >= 15 is 0 Å². The number of benzene rings is 1. The van der Waals surface area contributed by atoms with E-state index in [9.17, 15) is 9.59 Å². The zero-order chi connectivity index (χ0) is 18.5. The maximum atomic E-state index is 12.9. The molecule has 140 valence electrons. The predicted octanol–water partition coefficient (Wildman–Crippen LogP) is 2.64. The van der Waals surface area contributed by atoms with E-state index in [2.05, 4.69) is 5.32 Å². The van der Waals surface area contributed by atoms with E-state index in [-0.39, 0.29) is 23.3 Å². The number of para-hydroxylation sites is 1. The summed E-state index contributed by atoms with van der Waals surface area (Å²) in [5.74, 6) is 1.74. The van der Waals surface area contributed by atoms with Crippen LogP contribution >= 0.6 is 0 Å². The molecule has 1 aromatic carbocycles. The van der Waals surface area contributed by atoms with Crippen molar-refractivity contribution in [2.45, 2.75) is 57.6 Å². The second kappa shape index (κ2) is 6.00. The van der Waals surface area contributed by atoms with Crippen LogP contribution in [0.5, 0.6) is 5.75 Å². The van der Waals surface area contributed by atoms with Gasteiger partial charge < -0.3 is 15.8 Å². The molecule has 2 atom stereocenters. The summed E-state index contributed by atoms with van der Waals surface area (Å²) < 4.78 is 5.93. The van der Waals surface area contributed by atoms with Gasteiger partial charge in [-0.2, -0.15) is 0 Å². The first-order valence-corrected chi connectivity index (χ1v) is 9.64. The van der Waals surface area contributed by atoms with Gasteiger partial charge in [0.2, 0.25) is 5.91 Å². The minimum absolute atomic E-state index is 0.0908. The molecule has 4 aliphatic rings. The summed E-state index contributed by atoms with van der Waals surface area (Å²) in [6, 6.07) is 9.55. The normalized spacial score (nSPS) is 35.2. The van der Waals surface area contributed by atoms with Crippen LogP contribution < -0.4 is 15.8 Å². The minimum Gasteiger partial charge on any atom is -0.478 e. The highest BCUT2D eigenvalue weighted by Crippen LogP contribution is 2.59. The van der Waals surface area contributed by atoms with Gasteiger partial charge in [0, 0.05) is 11.5 Å². The van der Waals surface area contributed by atoms with Gasteiger partial charge in [0.05, 0.1) is 0 Å². The van der Waals surface area contributed by atoms with Crippen LogP contribution in [-0.2, 0) is 9.59 Å². The van der Waals surface area contributed by atoms with Gasteiger partial charge in [0.1, 0.15) is 5.75 Å². The summed E-state index contributed by atoms with van der Waals surface area (Å²) in [7, 11) is 0. The highest BCUT2D eigenvalue weighted by molar-refractivity contribution is 5.85. The van der Waals surface area contributed by atoms with Gasteiger partial charge in [-0.3, -0.25) is 9.59 Å². The number of carbonyl (C=O) groups is 2. The molecule has 1 aromatic rings. The van der Waals surface area contributed by atoms with E-state index in [1.807, 2.05) is 30.3 Å². The molecule has 5 rings (SSSR count). The Bertz CT molecular complexity index is 699. The summed E-state index contributed by atoms with van der Waals surface area (Å²) in [5.41, 5.74) is 4.47. The molecule has 2 amide bonds. The van der Waals surface area contributed by atoms with Crippen molar-refractivity contribution >= 4 is 11.8 Å². The molecule has 4 bridgehead atoms. The highest BCUT2D eigenvalue weighted by Gasteiger charge is 2.58. The summed E-state index contributed by atoms with van der Waals surface area (Å²) in [6.45, 7) is 3.60. The van der Waals surface area contributed by atoms with Gasteiger partial charge in [-0.15, -0.1) is 0 Å². The number of primary amides is 1. The first-order chi connectivity index (χ1) is 12.3. The Hall–Kier alpha value is -2.04. The lowest BCUT2D eigenvalue weighted by Crippen LogP contribution is -2.63. The average molecular weight is 356 g/mol. The van der Waals surface area contributed by atoms with Crippen LogP contribution in [0.4, 0.5) is 0 Å². The molecule has 4 fully saturated rings. The third kappa shape index (κ3) is 2.87. The molecule has 0 spiro atoms. The maximum Gasteiger partial charge on any atom is 0.263 e. The number of nitrogens with two attached hydrogens (primary N) is 1. The van der Waals surface area contributed by atoms with Crippen LogP contribution in [0.3, 0.4) is 0 Å². The molecule has 0 aromatic heterocycles. The first kappa shape index (κ1) is 17.4. The van der Waals surface area contributed by atoms with Crippen molar-refractivity contribution in [1.82, 2.24) is 5.32 Å². The van der Waals surface area contributed by atoms with E-state index in [4.69, 9.17) is 10.5 Å². The van der Waals surface area contributed by atoms with Crippen molar-refractivity contribution < 1.29 is 14.3 Å². The molecule has 0 saturated heterocycles. The lowest BCUT2D eigenvalue weighted by atomic mass is 9.47. The number of amides is 2. The van der Waals surface area contributed by atoms with E-state index in [0.29, 0.717) is 23.5 Å². The molecule has 0 aliphatic heterocycles. The first-order valence-electron chi connectivity index (χ1n) is 9.64. The van der Waals surface area contributed by atoms with E-state index in [1.165, 1.54) is 0 Å². The molecule has 3 N–H and O–H groups in total. The second-order valence-electron chi connectivity index (χ2n) is 9.04. The number of nitrogens with one attached hydrogen (secondary N) is 1. The Morgan fingerprint density at radius 1 is 1.12 bits per heavy atom. The van der Waals surface area contributed by atoms with E-state index in [1.54, 1.807) is 13.8 Å². The van der Waals surface area contributed by atoms with Crippen molar-refractivity contribution in [3.05, 3.63) is 30.3 Å². The van der Waals surface area contributed by atoms with Crippen LogP contribution in [0.15, 0.2) is 30.3 Å². The maximum absolute atomic E-state index is 12.9. The van der Waals surface area contributed by atoms with E-state index in [0.717, 1.165) is 32.1 Å². The Morgan fingerprint density at radius 2 is 1.73 bits per heavy atom. The topological polar surface area (TPSA) is 81.4 Å². The van der Waals surface area contributed by atoms with Gasteiger partial charge in [-0.1, -0.05) is 18.2 Å². The zero-order valence-electron chi connectivity index (χ0n) is 15.5. The Morgan fingerprint density at radius 3 is 2.31 bits per heavy atom. The summed E-state index contributed by atoms with van der Waals surface area (Å²) in [5, 5.41) is 3.26. The van der Waals surface area contributed by atoms with Gasteiger partial charge in [0.25, 0.3) is 5.91 Å². The van der Waals surface area contributed by atoms with Crippen LogP contribution in [0.25, 0.3) is 0 Å². The molecule has 5 heteroatoms. The molecular weight excluding hydrogens is 328 g/mol. The van der Waals surface area contributed by atoms with Crippen molar-refractivity contribution in [2.24, 2.45) is 28.9 Å². The Labute approximate surface area is 154 Å². The zero-order valence-corrected chi connectivity index (χ0v) is 15.5. The summed E-state index contributed by atoms with van der Waals surface area (Å²) in [4.78, 5) is 25.0. The Kier molecular flexibility index (Phi) is 4.01. The number of hydrogen-bond acceptors (Lipinski definition) is 3. The Balaban J connectivity index is 1.46. The number of hydrogen-bond donors (Lipinski definition) is 2. The van der Waals surface area contributed by atoms with Crippen LogP contribution in [-0.4, -0.2) is 23.5 Å². The van der Waals surface area contributed by atoms with Gasteiger partial charge >= 0.3 is 0 Å². The molecule has 0 radical (unpaired) electrons. The van der Waals surface area contributed by atoms with Crippen LogP contribution in [0.2, 0.25) is 0 Å². The second-order valence-corrected chi connectivity index (χ2v) is 9.04. The molecular formula is C21H28N2O3. The monoisotopic (exact) mass is 356 g/mol. The van der Waals surface area contributed by atoms with Crippen molar-refractivity contribution in [3.8, 4) is 5.75 Å². The van der Waals surface area contributed by atoms with Crippen molar-refractivity contribution in [3.63, 3.8) is 0 Å². The fourth-order valence-electron chi connectivity index (χ4n) is 5.72. The number of rotatable bonds is 5. The van der Waals surface area contributed by atoms with Gasteiger partial charge in [-0.05, 0) is 75.8 Å². The summed E-state index contributed by atoms with van der Waals surface area (Å²) >= 11 is 0. The average Bonchev–Trinajstić information content (AvgIpc) is 2.57. The third-order valence-electron chi connectivity index (χ3n) is 6.76. The van der Waals surface area contributed by atoms with Crippen molar-refractivity contribution in [1.29, 1.82) is 0 Å². The third-order valence-corrected chi connectivity index (χ3v) is 6.76. The standard InChI is InChI=1S/C21H28N2O3/c1-20(2,26-16-6-4-3-5-7-16)19(25)23-17-14-8-13-9-15(17)12-21(10-13,11-14)18(22)24/h3-7,13-15,17H,8-12H2,1-2H3,(H2,22,24)(H,23,25). The lowest BCUT2D eigenvalue weighted by Gasteiger charge is -2.59. The van der Waals surface area contributed by atoms with Crippen molar-refractivity contribution in [2.75, 3.05) is 0 Å². The quantitative estimate of drug-likeness (QED) is 0.851. The molecule has 26 heavy (non-hydrogen) atoms. The smallest absolute Gasteiger partial charge is 0.263 e. The minimum atomic E-state index is -0.947. The molecule has 5 nitrogen and oxygen atoms in total. The number of carbonyl (C=O) groups excluding carboxylic acids is 2. The molecule has 2 unspecified atom stereocenters. The van der Waals surface area contributed by atoms with Crippen LogP contribution in [0.1, 0.15) is 46.0 Å². The molecule has 4 saturated carbocycles. The van der Waals surface area contributed by atoms with Gasteiger partial charge in [-0.25, -0.2) is 0 Å².